The molecule has 0 unspecified atom stereocenters. The van der Waals surface area contributed by atoms with Crippen molar-refractivity contribution in [1.82, 2.24) is 14.5 Å². The Labute approximate surface area is 240 Å². The molecule has 0 atom stereocenters. The second-order valence-electron chi connectivity index (χ2n) is 9.92. The number of aliphatic carboxylic acids is 1. The SMILES string of the molecule is CC(=O)O.NCc1cccc(Cn2cc(-c3nc4c(-c5ccccc5)cccc4[nH]c3=O)c3cc4c(cc32)OCO4)c1. The summed E-state index contributed by atoms with van der Waals surface area (Å²) in [5, 5.41) is 8.29. The molecular formula is C33H28N4O5. The van der Waals surface area contributed by atoms with Crippen molar-refractivity contribution < 1.29 is 19.4 Å². The molecule has 0 saturated carbocycles. The van der Waals surface area contributed by atoms with Crippen molar-refractivity contribution in [2.75, 3.05) is 6.79 Å². The van der Waals surface area contributed by atoms with Crippen molar-refractivity contribution in [3.8, 4) is 33.9 Å². The highest BCUT2D eigenvalue weighted by Gasteiger charge is 2.22. The van der Waals surface area contributed by atoms with E-state index in [0.29, 0.717) is 35.8 Å². The molecule has 42 heavy (non-hydrogen) atoms. The van der Waals surface area contributed by atoms with Crippen LogP contribution >= 0.6 is 0 Å². The van der Waals surface area contributed by atoms with E-state index in [1.165, 1.54) is 0 Å². The van der Waals surface area contributed by atoms with E-state index in [0.717, 1.165) is 51.2 Å². The quantitative estimate of drug-likeness (QED) is 0.252. The van der Waals surface area contributed by atoms with Crippen LogP contribution in [0.4, 0.5) is 0 Å². The van der Waals surface area contributed by atoms with Crippen LogP contribution in [-0.2, 0) is 17.9 Å². The third kappa shape index (κ3) is 5.21. The zero-order valence-corrected chi connectivity index (χ0v) is 22.8. The first-order chi connectivity index (χ1) is 20.4. The fourth-order valence-corrected chi connectivity index (χ4v) is 5.19. The Hall–Kier alpha value is -5.41. The van der Waals surface area contributed by atoms with Gasteiger partial charge >= 0.3 is 0 Å². The van der Waals surface area contributed by atoms with Gasteiger partial charge in [-0.1, -0.05) is 66.7 Å². The molecule has 0 amide bonds. The van der Waals surface area contributed by atoms with Crippen LogP contribution in [0.25, 0.3) is 44.3 Å². The van der Waals surface area contributed by atoms with E-state index in [9.17, 15) is 4.79 Å². The highest BCUT2D eigenvalue weighted by atomic mass is 16.7. The molecular weight excluding hydrogens is 532 g/mol. The number of para-hydroxylation sites is 1. The second kappa shape index (κ2) is 11.2. The second-order valence-corrected chi connectivity index (χ2v) is 9.92. The first kappa shape index (κ1) is 26.8. The lowest BCUT2D eigenvalue weighted by atomic mass is 10.0. The number of aromatic nitrogens is 3. The molecule has 7 rings (SSSR count). The van der Waals surface area contributed by atoms with Crippen LogP contribution in [0.1, 0.15) is 18.1 Å². The van der Waals surface area contributed by atoms with Gasteiger partial charge in [-0.3, -0.25) is 9.59 Å². The van der Waals surface area contributed by atoms with Crippen molar-refractivity contribution in [3.63, 3.8) is 0 Å². The molecule has 0 saturated heterocycles. The topological polar surface area (TPSA) is 132 Å². The minimum atomic E-state index is -0.833. The summed E-state index contributed by atoms with van der Waals surface area (Å²) in [6.45, 7) is 2.33. The summed E-state index contributed by atoms with van der Waals surface area (Å²) in [5.74, 6) is 0.509. The largest absolute Gasteiger partial charge is 0.481 e. The van der Waals surface area contributed by atoms with Crippen molar-refractivity contribution in [1.29, 1.82) is 0 Å². The van der Waals surface area contributed by atoms with Crippen molar-refractivity contribution in [3.05, 3.63) is 113 Å². The first-order valence-electron chi connectivity index (χ1n) is 13.4. The van der Waals surface area contributed by atoms with E-state index in [4.69, 9.17) is 30.1 Å². The van der Waals surface area contributed by atoms with E-state index in [2.05, 4.69) is 21.7 Å². The standard InChI is InChI=1S/C31H24N4O3.C2H4O2/c32-15-19-6-4-7-20(12-19)16-35-17-24(23-13-27-28(14-26(23)35)38-18-37-27)30-31(36)33-25-11-5-10-22(29(25)34-30)21-8-2-1-3-9-21;1-2(3)4/h1-14,17H,15-16,18,32H2,(H,33,36);1H3,(H,3,4). The Morgan fingerprint density at radius 3 is 2.43 bits per heavy atom. The van der Waals surface area contributed by atoms with E-state index in [1.807, 2.05) is 79.0 Å². The predicted molar refractivity (Wildman–Crippen MR) is 162 cm³/mol. The smallest absolute Gasteiger partial charge is 0.300 e. The molecule has 4 N–H and O–H groups in total. The van der Waals surface area contributed by atoms with E-state index >= 15 is 0 Å². The first-order valence-corrected chi connectivity index (χ1v) is 13.4. The van der Waals surface area contributed by atoms with Gasteiger partial charge in [0.15, 0.2) is 11.5 Å². The molecule has 6 aromatic rings. The molecule has 1 aliphatic rings. The molecule has 0 bridgehead atoms. The maximum absolute atomic E-state index is 13.4. The Balaban J connectivity index is 0.000000744. The van der Waals surface area contributed by atoms with E-state index in [1.54, 1.807) is 0 Å². The number of fused-ring (bicyclic) bond motifs is 3. The van der Waals surface area contributed by atoms with Crippen molar-refractivity contribution >= 4 is 27.9 Å². The normalized spacial score (nSPS) is 11.9. The summed E-state index contributed by atoms with van der Waals surface area (Å²) in [4.78, 5) is 30.4. The molecule has 4 aromatic carbocycles. The third-order valence-corrected chi connectivity index (χ3v) is 7.02. The maximum atomic E-state index is 13.4. The van der Waals surface area contributed by atoms with Gasteiger partial charge in [-0.15, -0.1) is 0 Å². The summed E-state index contributed by atoms with van der Waals surface area (Å²) >= 11 is 0. The number of carbonyl (C=O) groups is 1. The highest BCUT2D eigenvalue weighted by Crippen LogP contribution is 2.40. The van der Waals surface area contributed by atoms with Crippen LogP contribution in [0.2, 0.25) is 0 Å². The molecule has 0 radical (unpaired) electrons. The number of hydrogen-bond donors (Lipinski definition) is 3. The van der Waals surface area contributed by atoms with Gasteiger partial charge in [0.1, 0.15) is 5.69 Å². The van der Waals surface area contributed by atoms with Crippen molar-refractivity contribution in [2.45, 2.75) is 20.0 Å². The summed E-state index contributed by atoms with van der Waals surface area (Å²) in [5.41, 5.74) is 13.3. The molecule has 2 aromatic heterocycles. The summed E-state index contributed by atoms with van der Waals surface area (Å²) < 4.78 is 13.5. The van der Waals surface area contributed by atoms with Gasteiger partial charge in [0.05, 0.1) is 16.6 Å². The molecule has 9 heteroatoms. The third-order valence-electron chi connectivity index (χ3n) is 7.02. The summed E-state index contributed by atoms with van der Waals surface area (Å²) in [6, 6.07) is 28.0. The Kier molecular flexibility index (Phi) is 7.16. The number of nitrogens with zero attached hydrogens (tertiary/aromatic N) is 2. The van der Waals surface area contributed by atoms with Crippen LogP contribution < -0.4 is 20.8 Å². The number of aromatic amines is 1. The fraction of sp³-hybridized carbons (Fsp3) is 0.121. The lowest BCUT2D eigenvalue weighted by Gasteiger charge is -2.08. The minimum absolute atomic E-state index is 0.172. The van der Waals surface area contributed by atoms with Crippen LogP contribution in [0.15, 0.2) is 95.9 Å². The van der Waals surface area contributed by atoms with Gasteiger partial charge in [0.25, 0.3) is 11.5 Å². The lowest BCUT2D eigenvalue weighted by Crippen LogP contribution is -2.11. The molecule has 0 aliphatic carbocycles. The van der Waals surface area contributed by atoms with Gasteiger partial charge < -0.3 is 29.9 Å². The van der Waals surface area contributed by atoms with E-state index in [-0.39, 0.29) is 12.4 Å². The van der Waals surface area contributed by atoms with Gasteiger partial charge in [0, 0.05) is 48.8 Å². The molecule has 9 nitrogen and oxygen atoms in total. The monoisotopic (exact) mass is 560 g/mol. The van der Waals surface area contributed by atoms with Crippen LogP contribution in [-0.4, -0.2) is 32.4 Å². The zero-order valence-electron chi connectivity index (χ0n) is 22.8. The Bertz CT molecular complexity index is 1990. The number of nitrogens with one attached hydrogen (secondary N) is 1. The number of nitrogens with two attached hydrogens (primary N) is 1. The number of rotatable bonds is 5. The van der Waals surface area contributed by atoms with Crippen LogP contribution in [0.3, 0.4) is 0 Å². The number of ether oxygens (including phenoxy) is 2. The molecule has 0 spiro atoms. The maximum Gasteiger partial charge on any atom is 0.300 e. The van der Waals surface area contributed by atoms with Crippen molar-refractivity contribution in [2.24, 2.45) is 5.73 Å². The minimum Gasteiger partial charge on any atom is -0.481 e. The fourth-order valence-electron chi connectivity index (χ4n) is 5.19. The Morgan fingerprint density at radius 1 is 0.952 bits per heavy atom. The van der Waals surface area contributed by atoms with Gasteiger partial charge in [-0.2, -0.15) is 0 Å². The zero-order chi connectivity index (χ0) is 29.2. The van der Waals surface area contributed by atoms with E-state index < -0.39 is 5.97 Å². The highest BCUT2D eigenvalue weighted by molar-refractivity contribution is 5.99. The van der Waals surface area contributed by atoms with Crippen LogP contribution in [0, 0.1) is 0 Å². The predicted octanol–water partition coefficient (Wildman–Crippen LogP) is 5.54. The number of H-pyrrole nitrogens is 1. The number of hydrogen-bond acceptors (Lipinski definition) is 6. The van der Waals surface area contributed by atoms with Gasteiger partial charge in [0.2, 0.25) is 6.79 Å². The molecule has 210 valence electrons. The molecule has 1 aliphatic heterocycles. The van der Waals surface area contributed by atoms with Gasteiger partial charge in [-0.05, 0) is 28.8 Å². The average molecular weight is 561 g/mol. The number of carboxylic acids is 1. The average Bonchev–Trinajstić information content (AvgIpc) is 3.59. The Morgan fingerprint density at radius 2 is 1.67 bits per heavy atom. The number of carboxylic acid groups (broad SMARTS) is 1. The molecule has 0 fully saturated rings. The lowest BCUT2D eigenvalue weighted by molar-refractivity contribution is -0.134. The number of benzene rings is 4. The summed E-state index contributed by atoms with van der Waals surface area (Å²) in [6.07, 6.45) is 1.99. The summed E-state index contributed by atoms with van der Waals surface area (Å²) in [7, 11) is 0. The molecule has 3 heterocycles. The van der Waals surface area contributed by atoms with Crippen LogP contribution in [0.5, 0.6) is 11.5 Å². The van der Waals surface area contributed by atoms with Gasteiger partial charge in [-0.25, -0.2) is 4.98 Å².